The number of hydrogen-bond donors (Lipinski definition) is 1. The molecular weight excluding hydrogens is 318 g/mol. The van der Waals surface area contributed by atoms with Crippen molar-refractivity contribution in [3.63, 3.8) is 0 Å². The summed E-state index contributed by atoms with van der Waals surface area (Å²) in [5, 5.41) is 9.86. The molecule has 1 heterocycles. The van der Waals surface area contributed by atoms with Crippen molar-refractivity contribution in [3.8, 4) is 11.5 Å². The van der Waals surface area contributed by atoms with Gasteiger partial charge in [-0.2, -0.15) is 0 Å². The van der Waals surface area contributed by atoms with Crippen LogP contribution in [0.1, 0.15) is 28.8 Å². The predicted octanol–water partition coefficient (Wildman–Crippen LogP) is 3.42. The van der Waals surface area contributed by atoms with E-state index in [2.05, 4.69) is 6.58 Å². The number of phenols is 1. The van der Waals surface area contributed by atoms with Gasteiger partial charge < -0.3 is 14.7 Å². The van der Waals surface area contributed by atoms with Crippen LogP contribution in [0.25, 0.3) is 6.08 Å². The minimum atomic E-state index is -0.130. The zero-order chi connectivity index (χ0) is 17.8. The normalized spacial score (nSPS) is 16.7. The summed E-state index contributed by atoms with van der Waals surface area (Å²) in [6, 6.07) is 11.9. The van der Waals surface area contributed by atoms with E-state index in [-0.39, 0.29) is 17.7 Å². The summed E-state index contributed by atoms with van der Waals surface area (Å²) < 4.78 is 5.85. The van der Waals surface area contributed by atoms with Gasteiger partial charge in [-0.1, -0.05) is 30.9 Å². The number of ether oxygens (including phenoxy) is 1. The van der Waals surface area contributed by atoms with Gasteiger partial charge in [0.1, 0.15) is 24.4 Å². The van der Waals surface area contributed by atoms with E-state index in [1.54, 1.807) is 41.3 Å². The van der Waals surface area contributed by atoms with Crippen LogP contribution in [-0.4, -0.2) is 29.9 Å². The Kier molecular flexibility index (Phi) is 4.84. The number of nitrogens with zero attached hydrogens (tertiary/aromatic N) is 1. The van der Waals surface area contributed by atoms with Crippen molar-refractivity contribution < 1.29 is 19.4 Å². The summed E-state index contributed by atoms with van der Waals surface area (Å²) in [5.74, 6) is 0.637. The molecule has 25 heavy (non-hydrogen) atoms. The van der Waals surface area contributed by atoms with Gasteiger partial charge in [0.15, 0.2) is 0 Å². The lowest BCUT2D eigenvalue weighted by Gasteiger charge is -2.25. The third-order valence-electron chi connectivity index (χ3n) is 4.29. The van der Waals surface area contributed by atoms with Crippen LogP contribution in [0.15, 0.2) is 49.0 Å². The van der Waals surface area contributed by atoms with E-state index in [0.717, 1.165) is 6.29 Å². The molecule has 2 aromatic carbocycles. The highest BCUT2D eigenvalue weighted by atomic mass is 16.5. The number of phenolic OH excluding ortho intramolecular Hbond substituents is 1. The molecule has 1 N–H and O–H groups in total. The number of carbonyl (C=O) groups excluding carboxylic acids is 2. The van der Waals surface area contributed by atoms with Gasteiger partial charge in [-0.25, -0.2) is 0 Å². The molecule has 0 saturated carbocycles. The molecular formula is C20H19NO4. The van der Waals surface area contributed by atoms with Gasteiger partial charge in [0, 0.05) is 17.7 Å². The molecule has 0 spiro atoms. The molecule has 2 aromatic rings. The van der Waals surface area contributed by atoms with Crippen LogP contribution in [0.5, 0.6) is 11.5 Å². The summed E-state index contributed by atoms with van der Waals surface area (Å²) >= 11 is 0. The van der Waals surface area contributed by atoms with E-state index >= 15 is 0 Å². The third kappa shape index (κ3) is 3.40. The fourth-order valence-electron chi connectivity index (χ4n) is 3.05. The Morgan fingerprint density at radius 2 is 2.08 bits per heavy atom. The van der Waals surface area contributed by atoms with Crippen LogP contribution in [0, 0.1) is 0 Å². The molecule has 1 atom stereocenters. The maximum absolute atomic E-state index is 12.3. The molecule has 1 aliphatic heterocycles. The Labute approximate surface area is 146 Å². The summed E-state index contributed by atoms with van der Waals surface area (Å²) in [7, 11) is 0. The minimum absolute atomic E-state index is 0.0107. The van der Waals surface area contributed by atoms with Gasteiger partial charge in [0.2, 0.25) is 5.91 Å². The average molecular weight is 337 g/mol. The van der Waals surface area contributed by atoms with Crippen LogP contribution in [0.3, 0.4) is 0 Å². The Morgan fingerprint density at radius 3 is 2.84 bits per heavy atom. The predicted molar refractivity (Wildman–Crippen MR) is 96.0 cm³/mol. The Morgan fingerprint density at radius 1 is 1.28 bits per heavy atom. The first-order valence-corrected chi connectivity index (χ1v) is 8.08. The second kappa shape index (κ2) is 7.21. The van der Waals surface area contributed by atoms with E-state index < -0.39 is 0 Å². The number of aldehydes is 1. The lowest BCUT2D eigenvalue weighted by Crippen LogP contribution is -2.37. The molecule has 0 bridgehead atoms. The van der Waals surface area contributed by atoms with Crippen LogP contribution < -0.4 is 9.64 Å². The Hall–Kier alpha value is -3.08. The Bertz CT molecular complexity index is 815. The van der Waals surface area contributed by atoms with Crippen LogP contribution in [0.2, 0.25) is 0 Å². The summed E-state index contributed by atoms with van der Waals surface area (Å²) in [6.45, 7) is 3.98. The number of aromatic hydroxyl groups is 1. The Balaban J connectivity index is 1.80. The first kappa shape index (κ1) is 16.8. The highest BCUT2D eigenvalue weighted by Gasteiger charge is 2.32. The van der Waals surface area contributed by atoms with Gasteiger partial charge in [0.05, 0.1) is 11.6 Å². The number of hydrogen-bond acceptors (Lipinski definition) is 4. The van der Waals surface area contributed by atoms with Crippen molar-refractivity contribution in [1.29, 1.82) is 0 Å². The van der Waals surface area contributed by atoms with Gasteiger partial charge in [-0.3, -0.25) is 9.59 Å². The second-order valence-corrected chi connectivity index (χ2v) is 5.87. The van der Waals surface area contributed by atoms with Crippen molar-refractivity contribution in [2.24, 2.45) is 0 Å². The van der Waals surface area contributed by atoms with Gasteiger partial charge in [-0.05, 0) is 30.7 Å². The largest absolute Gasteiger partial charge is 0.507 e. The molecule has 3 rings (SSSR count). The zero-order valence-electron chi connectivity index (χ0n) is 13.7. The maximum atomic E-state index is 12.3. The fraction of sp³-hybridized carbons (Fsp3) is 0.200. The first-order valence-electron chi connectivity index (χ1n) is 8.08. The van der Waals surface area contributed by atoms with Gasteiger partial charge in [0.25, 0.3) is 0 Å². The topological polar surface area (TPSA) is 66.8 Å². The van der Waals surface area contributed by atoms with Crippen LogP contribution in [0.4, 0.5) is 5.69 Å². The van der Waals surface area contributed by atoms with E-state index in [9.17, 15) is 14.7 Å². The lowest BCUT2D eigenvalue weighted by molar-refractivity contribution is -0.117. The molecule has 0 aromatic heterocycles. The molecule has 5 heteroatoms. The number of carbonyl (C=O) groups is 2. The van der Waals surface area contributed by atoms with Crippen molar-refractivity contribution in [2.45, 2.75) is 18.9 Å². The third-order valence-corrected chi connectivity index (χ3v) is 4.29. The standard InChI is InChI=1S/C20H19NO4/c1-2-17-18(23)7-4-8-19(17)25-13-16-9-10-20(24)21(16)15-6-3-5-14(11-15)12-22/h2-8,11-12,16,23H,1,9-10,13H2/t16-/m0/s1. The molecule has 5 nitrogen and oxygen atoms in total. The second-order valence-electron chi connectivity index (χ2n) is 5.87. The van der Waals surface area contributed by atoms with Crippen molar-refractivity contribution in [3.05, 3.63) is 60.2 Å². The van der Waals surface area contributed by atoms with Crippen molar-refractivity contribution in [1.82, 2.24) is 0 Å². The molecule has 1 amide bonds. The van der Waals surface area contributed by atoms with Crippen molar-refractivity contribution in [2.75, 3.05) is 11.5 Å². The van der Waals surface area contributed by atoms with E-state index in [4.69, 9.17) is 4.74 Å². The minimum Gasteiger partial charge on any atom is -0.507 e. The molecule has 1 saturated heterocycles. The molecule has 1 aliphatic rings. The van der Waals surface area contributed by atoms with Gasteiger partial charge >= 0.3 is 0 Å². The fourth-order valence-corrected chi connectivity index (χ4v) is 3.05. The maximum Gasteiger partial charge on any atom is 0.227 e. The summed E-state index contributed by atoms with van der Waals surface area (Å²) in [6.07, 6.45) is 3.41. The lowest BCUT2D eigenvalue weighted by atomic mass is 10.1. The van der Waals surface area contributed by atoms with Crippen LogP contribution in [-0.2, 0) is 4.79 Å². The van der Waals surface area contributed by atoms with Gasteiger partial charge in [-0.15, -0.1) is 0 Å². The average Bonchev–Trinajstić information content (AvgIpc) is 3.00. The quantitative estimate of drug-likeness (QED) is 0.820. The summed E-state index contributed by atoms with van der Waals surface area (Å²) in [4.78, 5) is 25.0. The molecule has 1 fully saturated rings. The molecule has 0 aliphatic carbocycles. The molecule has 0 unspecified atom stereocenters. The smallest absolute Gasteiger partial charge is 0.227 e. The highest BCUT2D eigenvalue weighted by molar-refractivity contribution is 5.97. The highest BCUT2D eigenvalue weighted by Crippen LogP contribution is 2.31. The SMILES string of the molecule is C=Cc1c(O)cccc1OC[C@@H]1CCC(=O)N1c1cccc(C=O)c1. The summed E-state index contributed by atoms with van der Waals surface area (Å²) in [5.41, 5.74) is 1.75. The van der Waals surface area contributed by atoms with E-state index in [0.29, 0.717) is 42.0 Å². The number of benzene rings is 2. The van der Waals surface area contributed by atoms with Crippen LogP contribution >= 0.6 is 0 Å². The monoisotopic (exact) mass is 337 g/mol. The molecule has 0 radical (unpaired) electrons. The molecule has 128 valence electrons. The first-order chi connectivity index (χ1) is 12.1. The number of amides is 1. The van der Waals surface area contributed by atoms with Crippen molar-refractivity contribution >= 4 is 24.0 Å². The van der Waals surface area contributed by atoms with E-state index in [1.807, 2.05) is 6.07 Å². The zero-order valence-corrected chi connectivity index (χ0v) is 13.7. The van der Waals surface area contributed by atoms with E-state index in [1.165, 1.54) is 6.08 Å². The number of rotatable bonds is 6. The number of anilines is 1.